The standard InChI is InChI=1S/C23H21FN2O3/c24-20-10-5-9-19(13-20)23(28)26-15-22(27)25-14-18-8-4-11-21(12-18)29-16-17-6-2-1-3-7-17/h1-13H,14-16H2,(H,25,27)(H,26,28). The van der Waals surface area contributed by atoms with Gasteiger partial charge in [0, 0.05) is 12.1 Å². The van der Waals surface area contributed by atoms with Crippen LogP contribution in [0.5, 0.6) is 5.75 Å². The Kier molecular flexibility index (Phi) is 6.95. The van der Waals surface area contributed by atoms with Gasteiger partial charge in [-0.1, -0.05) is 48.5 Å². The zero-order valence-electron chi connectivity index (χ0n) is 15.7. The summed E-state index contributed by atoms with van der Waals surface area (Å²) in [5.41, 5.74) is 2.11. The Morgan fingerprint density at radius 1 is 0.828 bits per heavy atom. The van der Waals surface area contributed by atoms with Crippen molar-refractivity contribution >= 4 is 11.8 Å². The van der Waals surface area contributed by atoms with Crippen LogP contribution < -0.4 is 15.4 Å². The van der Waals surface area contributed by atoms with E-state index in [4.69, 9.17) is 4.74 Å². The summed E-state index contributed by atoms with van der Waals surface area (Å²) in [7, 11) is 0. The minimum Gasteiger partial charge on any atom is -0.489 e. The number of benzene rings is 3. The minimum absolute atomic E-state index is 0.168. The first-order valence-corrected chi connectivity index (χ1v) is 9.16. The highest BCUT2D eigenvalue weighted by Crippen LogP contribution is 2.15. The molecule has 6 heteroatoms. The number of hydrogen-bond donors (Lipinski definition) is 2. The van der Waals surface area contributed by atoms with Crippen molar-refractivity contribution in [1.29, 1.82) is 0 Å². The van der Waals surface area contributed by atoms with Gasteiger partial charge in [0.05, 0.1) is 6.54 Å². The summed E-state index contributed by atoms with van der Waals surface area (Å²) >= 11 is 0. The second-order valence-corrected chi connectivity index (χ2v) is 6.39. The highest BCUT2D eigenvalue weighted by Gasteiger charge is 2.09. The Morgan fingerprint density at radius 3 is 2.38 bits per heavy atom. The average molecular weight is 392 g/mol. The summed E-state index contributed by atoms with van der Waals surface area (Å²) in [4.78, 5) is 23.9. The number of carbonyl (C=O) groups excluding carboxylic acids is 2. The molecule has 3 rings (SSSR count). The maximum Gasteiger partial charge on any atom is 0.251 e. The van der Waals surface area contributed by atoms with Gasteiger partial charge in [0.2, 0.25) is 5.91 Å². The highest BCUT2D eigenvalue weighted by molar-refractivity contribution is 5.96. The van der Waals surface area contributed by atoms with Crippen molar-refractivity contribution in [2.75, 3.05) is 6.54 Å². The predicted octanol–water partition coefficient (Wildman–Crippen LogP) is 3.45. The molecule has 0 fully saturated rings. The number of amides is 2. The lowest BCUT2D eigenvalue weighted by molar-refractivity contribution is -0.120. The summed E-state index contributed by atoms with van der Waals surface area (Å²) < 4.78 is 18.9. The minimum atomic E-state index is -0.504. The van der Waals surface area contributed by atoms with Crippen LogP contribution >= 0.6 is 0 Å². The molecule has 2 N–H and O–H groups in total. The zero-order chi connectivity index (χ0) is 20.5. The van der Waals surface area contributed by atoms with Gasteiger partial charge in [-0.05, 0) is 41.5 Å². The van der Waals surface area contributed by atoms with E-state index in [1.54, 1.807) is 0 Å². The molecule has 3 aromatic rings. The van der Waals surface area contributed by atoms with Gasteiger partial charge in [0.25, 0.3) is 5.91 Å². The predicted molar refractivity (Wildman–Crippen MR) is 108 cm³/mol. The Morgan fingerprint density at radius 2 is 1.59 bits per heavy atom. The SMILES string of the molecule is O=C(CNC(=O)c1cccc(F)c1)NCc1cccc(OCc2ccccc2)c1. The Hall–Kier alpha value is -3.67. The molecule has 0 spiro atoms. The number of rotatable bonds is 8. The molecule has 0 bridgehead atoms. The molecular formula is C23H21FN2O3. The molecule has 0 saturated carbocycles. The fraction of sp³-hybridized carbons (Fsp3) is 0.130. The van der Waals surface area contributed by atoms with E-state index in [2.05, 4.69) is 10.6 Å². The first-order valence-electron chi connectivity index (χ1n) is 9.16. The fourth-order valence-electron chi connectivity index (χ4n) is 2.64. The summed E-state index contributed by atoms with van der Waals surface area (Å²) in [6.45, 7) is 0.569. The largest absolute Gasteiger partial charge is 0.489 e. The first kappa shape index (κ1) is 20.1. The third-order valence-electron chi connectivity index (χ3n) is 4.13. The van der Waals surface area contributed by atoms with E-state index in [0.717, 1.165) is 17.2 Å². The van der Waals surface area contributed by atoms with Gasteiger partial charge >= 0.3 is 0 Å². The summed E-state index contributed by atoms with van der Waals surface area (Å²) in [5.74, 6) is -0.641. The molecule has 0 heterocycles. The fourth-order valence-corrected chi connectivity index (χ4v) is 2.64. The topological polar surface area (TPSA) is 67.4 Å². The van der Waals surface area contributed by atoms with E-state index in [-0.39, 0.29) is 18.0 Å². The van der Waals surface area contributed by atoms with Crippen LogP contribution in [-0.2, 0) is 17.9 Å². The van der Waals surface area contributed by atoms with Gasteiger partial charge in [-0.15, -0.1) is 0 Å². The molecule has 0 aliphatic carbocycles. The number of ether oxygens (including phenoxy) is 1. The highest BCUT2D eigenvalue weighted by atomic mass is 19.1. The third kappa shape index (κ3) is 6.46. The van der Waals surface area contributed by atoms with Gasteiger partial charge in [0.1, 0.15) is 18.2 Å². The molecule has 0 aliphatic rings. The molecule has 0 saturated heterocycles. The Balaban J connectivity index is 1.44. The van der Waals surface area contributed by atoms with Gasteiger partial charge in [-0.2, -0.15) is 0 Å². The summed E-state index contributed by atoms with van der Waals surface area (Å²) in [6, 6.07) is 22.6. The van der Waals surface area contributed by atoms with Crippen LogP contribution in [0.25, 0.3) is 0 Å². The van der Waals surface area contributed by atoms with E-state index < -0.39 is 11.7 Å². The average Bonchev–Trinajstić information content (AvgIpc) is 2.75. The number of nitrogens with one attached hydrogen (secondary N) is 2. The number of hydrogen-bond acceptors (Lipinski definition) is 3. The zero-order valence-corrected chi connectivity index (χ0v) is 15.7. The molecule has 0 radical (unpaired) electrons. The van der Waals surface area contributed by atoms with Crippen LogP contribution in [0.1, 0.15) is 21.5 Å². The van der Waals surface area contributed by atoms with Crippen LogP contribution in [0.4, 0.5) is 4.39 Å². The lowest BCUT2D eigenvalue weighted by atomic mass is 10.2. The molecule has 148 valence electrons. The van der Waals surface area contributed by atoms with Crippen LogP contribution in [0.15, 0.2) is 78.9 Å². The van der Waals surface area contributed by atoms with Crippen molar-refractivity contribution in [1.82, 2.24) is 10.6 Å². The molecule has 0 aromatic heterocycles. The maximum atomic E-state index is 13.1. The first-order chi connectivity index (χ1) is 14.1. The summed E-state index contributed by atoms with van der Waals surface area (Å²) in [5, 5.41) is 5.20. The van der Waals surface area contributed by atoms with Crippen molar-refractivity contribution in [3.63, 3.8) is 0 Å². The monoisotopic (exact) mass is 392 g/mol. The quantitative estimate of drug-likeness (QED) is 0.617. The molecule has 5 nitrogen and oxygen atoms in total. The third-order valence-corrected chi connectivity index (χ3v) is 4.13. The maximum absolute atomic E-state index is 13.1. The van der Waals surface area contributed by atoms with Crippen LogP contribution in [-0.4, -0.2) is 18.4 Å². The number of carbonyl (C=O) groups is 2. The van der Waals surface area contributed by atoms with E-state index in [9.17, 15) is 14.0 Å². The molecule has 0 aliphatic heterocycles. The van der Waals surface area contributed by atoms with E-state index in [1.165, 1.54) is 18.2 Å². The molecule has 0 atom stereocenters. The van der Waals surface area contributed by atoms with Crippen molar-refractivity contribution in [3.05, 3.63) is 101 Å². The van der Waals surface area contributed by atoms with Crippen molar-refractivity contribution < 1.29 is 18.7 Å². The van der Waals surface area contributed by atoms with Crippen LogP contribution in [0, 0.1) is 5.82 Å². The van der Waals surface area contributed by atoms with E-state index in [1.807, 2.05) is 54.6 Å². The van der Waals surface area contributed by atoms with Crippen molar-refractivity contribution in [2.24, 2.45) is 0 Å². The van der Waals surface area contributed by atoms with Gasteiger partial charge in [-0.25, -0.2) is 4.39 Å². The van der Waals surface area contributed by atoms with E-state index >= 15 is 0 Å². The van der Waals surface area contributed by atoms with Crippen molar-refractivity contribution in [2.45, 2.75) is 13.2 Å². The molecular weight excluding hydrogens is 371 g/mol. The van der Waals surface area contributed by atoms with E-state index in [0.29, 0.717) is 18.9 Å². The normalized spacial score (nSPS) is 10.2. The van der Waals surface area contributed by atoms with Gasteiger partial charge in [0.15, 0.2) is 0 Å². The lowest BCUT2D eigenvalue weighted by Crippen LogP contribution is -2.36. The molecule has 29 heavy (non-hydrogen) atoms. The number of halogens is 1. The smallest absolute Gasteiger partial charge is 0.251 e. The second kappa shape index (κ2) is 10.0. The van der Waals surface area contributed by atoms with Gasteiger partial charge < -0.3 is 15.4 Å². The lowest BCUT2D eigenvalue weighted by Gasteiger charge is -2.10. The molecule has 0 unspecified atom stereocenters. The molecule has 3 aromatic carbocycles. The van der Waals surface area contributed by atoms with Crippen LogP contribution in [0.3, 0.4) is 0 Å². The molecule has 2 amide bonds. The van der Waals surface area contributed by atoms with Crippen molar-refractivity contribution in [3.8, 4) is 5.75 Å². The Labute approximate surface area is 168 Å². The summed E-state index contributed by atoms with van der Waals surface area (Å²) in [6.07, 6.45) is 0. The van der Waals surface area contributed by atoms with Crippen LogP contribution in [0.2, 0.25) is 0 Å². The Bertz CT molecular complexity index is 977. The second-order valence-electron chi connectivity index (χ2n) is 6.39. The van der Waals surface area contributed by atoms with Gasteiger partial charge in [-0.3, -0.25) is 9.59 Å².